The zero-order valence-corrected chi connectivity index (χ0v) is 18.4. The number of amides is 1. The lowest BCUT2D eigenvalue weighted by atomic mass is 10.1. The summed E-state index contributed by atoms with van der Waals surface area (Å²) in [6.45, 7) is -0.303. The Morgan fingerprint density at radius 1 is 1.29 bits per heavy atom. The summed E-state index contributed by atoms with van der Waals surface area (Å²) in [5, 5.41) is 12.2. The molecule has 28 heavy (non-hydrogen) atoms. The number of esters is 1. The van der Waals surface area contributed by atoms with Crippen LogP contribution in [0.3, 0.4) is 0 Å². The van der Waals surface area contributed by atoms with E-state index in [2.05, 4.69) is 41.9 Å². The zero-order chi connectivity index (χ0) is 20.7. The van der Waals surface area contributed by atoms with E-state index in [-0.39, 0.29) is 23.0 Å². The molecule has 0 saturated carbocycles. The van der Waals surface area contributed by atoms with E-state index in [0.717, 1.165) is 4.47 Å². The normalized spacial score (nSPS) is 10.8. The second kappa shape index (κ2) is 10.3. The van der Waals surface area contributed by atoms with Gasteiger partial charge in [0.15, 0.2) is 12.4 Å². The monoisotopic (exact) mass is 526 g/mol. The zero-order valence-electron chi connectivity index (χ0n) is 14.5. The molecular formula is C19H13Br2ClN2O4. The number of methoxy groups -OCH3 is 1. The van der Waals surface area contributed by atoms with Gasteiger partial charge in [-0.2, -0.15) is 5.26 Å². The number of halogens is 3. The smallest absolute Gasteiger partial charge is 0.343 e. The molecular weight excluding hydrogens is 515 g/mol. The highest BCUT2D eigenvalue weighted by atomic mass is 79.9. The predicted octanol–water partition coefficient (Wildman–Crippen LogP) is 4.96. The Labute approximate surface area is 183 Å². The first-order valence-corrected chi connectivity index (χ1v) is 9.67. The first-order valence-electron chi connectivity index (χ1n) is 7.71. The van der Waals surface area contributed by atoms with Crippen molar-refractivity contribution in [2.24, 2.45) is 0 Å². The molecule has 144 valence electrons. The number of hydrogen-bond donors (Lipinski definition) is 1. The van der Waals surface area contributed by atoms with Gasteiger partial charge < -0.3 is 14.8 Å². The fraction of sp³-hybridized carbons (Fsp3) is 0.105. The van der Waals surface area contributed by atoms with E-state index in [4.69, 9.17) is 16.3 Å². The largest absolute Gasteiger partial charge is 0.479 e. The lowest BCUT2D eigenvalue weighted by Crippen LogP contribution is -2.13. The van der Waals surface area contributed by atoms with Gasteiger partial charge in [-0.1, -0.05) is 33.6 Å². The highest BCUT2D eigenvalue weighted by Crippen LogP contribution is 2.35. The Hall–Kier alpha value is -2.34. The third-order valence-electron chi connectivity index (χ3n) is 3.34. The summed E-state index contributed by atoms with van der Waals surface area (Å²) in [7, 11) is 1.25. The molecule has 1 N–H and O–H groups in total. The van der Waals surface area contributed by atoms with Gasteiger partial charge >= 0.3 is 5.97 Å². The predicted molar refractivity (Wildman–Crippen MR) is 113 cm³/mol. The third kappa shape index (κ3) is 6.09. The Morgan fingerprint density at radius 2 is 2.04 bits per heavy atom. The van der Waals surface area contributed by atoms with Gasteiger partial charge in [-0.3, -0.25) is 4.79 Å². The SMILES string of the molecule is COC(=O)COc1c(Cl)cc(/C=C(/C#N)C(=O)Nc2cccc(Br)c2)cc1Br. The van der Waals surface area contributed by atoms with E-state index < -0.39 is 11.9 Å². The van der Waals surface area contributed by atoms with Crippen LogP contribution in [0.4, 0.5) is 5.69 Å². The van der Waals surface area contributed by atoms with Crippen LogP contribution in [0.2, 0.25) is 5.02 Å². The molecule has 9 heteroatoms. The average molecular weight is 529 g/mol. The van der Waals surface area contributed by atoms with Crippen LogP contribution in [0, 0.1) is 11.3 Å². The van der Waals surface area contributed by atoms with E-state index in [1.54, 1.807) is 24.3 Å². The molecule has 0 heterocycles. The topological polar surface area (TPSA) is 88.4 Å². The second-order valence-corrected chi connectivity index (χ2v) is 7.49. The summed E-state index contributed by atoms with van der Waals surface area (Å²) in [5.74, 6) is -0.858. The minimum Gasteiger partial charge on any atom is -0.479 e. The van der Waals surface area contributed by atoms with Crippen molar-refractivity contribution in [3.05, 3.63) is 61.5 Å². The average Bonchev–Trinajstić information content (AvgIpc) is 2.65. The van der Waals surface area contributed by atoms with Crippen LogP contribution in [0.1, 0.15) is 5.56 Å². The van der Waals surface area contributed by atoms with Crippen molar-refractivity contribution < 1.29 is 19.1 Å². The van der Waals surface area contributed by atoms with Crippen molar-refractivity contribution in [1.29, 1.82) is 5.26 Å². The quantitative estimate of drug-likeness (QED) is 0.325. The van der Waals surface area contributed by atoms with Gasteiger partial charge in [0.1, 0.15) is 11.6 Å². The molecule has 0 fully saturated rings. The van der Waals surface area contributed by atoms with Crippen LogP contribution < -0.4 is 10.1 Å². The molecule has 0 aromatic heterocycles. The molecule has 0 unspecified atom stereocenters. The number of hydrogen-bond acceptors (Lipinski definition) is 5. The van der Waals surface area contributed by atoms with E-state index in [1.807, 2.05) is 12.1 Å². The van der Waals surface area contributed by atoms with Crippen molar-refractivity contribution in [1.82, 2.24) is 0 Å². The molecule has 2 aromatic carbocycles. The van der Waals surface area contributed by atoms with Gasteiger partial charge in [-0.05, 0) is 57.9 Å². The van der Waals surface area contributed by atoms with Gasteiger partial charge in [0.05, 0.1) is 16.6 Å². The van der Waals surface area contributed by atoms with Gasteiger partial charge in [-0.15, -0.1) is 0 Å². The van der Waals surface area contributed by atoms with E-state index in [0.29, 0.717) is 15.7 Å². The first kappa shape index (κ1) is 22.0. The van der Waals surface area contributed by atoms with Crippen molar-refractivity contribution in [2.75, 3.05) is 19.0 Å². The molecule has 0 aliphatic carbocycles. The maximum Gasteiger partial charge on any atom is 0.343 e. The number of nitrogens with one attached hydrogen (secondary N) is 1. The number of anilines is 1. The van der Waals surface area contributed by atoms with E-state index in [1.165, 1.54) is 19.3 Å². The number of rotatable bonds is 6. The van der Waals surface area contributed by atoms with Crippen molar-refractivity contribution in [3.63, 3.8) is 0 Å². The van der Waals surface area contributed by atoms with Crippen LogP contribution in [-0.4, -0.2) is 25.6 Å². The molecule has 1 amide bonds. The Morgan fingerprint density at radius 3 is 2.64 bits per heavy atom. The summed E-state index contributed by atoms with van der Waals surface area (Å²) < 4.78 is 11.1. The summed E-state index contributed by atoms with van der Waals surface area (Å²) in [4.78, 5) is 23.6. The van der Waals surface area contributed by atoms with Gasteiger partial charge in [0.2, 0.25) is 0 Å². The molecule has 0 aliphatic heterocycles. The van der Waals surface area contributed by atoms with E-state index >= 15 is 0 Å². The summed E-state index contributed by atoms with van der Waals surface area (Å²) in [6.07, 6.45) is 1.40. The van der Waals surface area contributed by atoms with Crippen molar-refractivity contribution >= 4 is 67.1 Å². The van der Waals surface area contributed by atoms with Crippen LogP contribution in [0.5, 0.6) is 5.75 Å². The molecule has 0 bridgehead atoms. The molecule has 0 spiro atoms. The lowest BCUT2D eigenvalue weighted by Gasteiger charge is -2.10. The van der Waals surface area contributed by atoms with Crippen LogP contribution in [0.15, 0.2) is 50.9 Å². The molecule has 2 rings (SSSR count). The summed E-state index contributed by atoms with van der Waals surface area (Å²) >= 11 is 12.8. The molecule has 2 aromatic rings. The molecule has 0 saturated heterocycles. The molecule has 0 aliphatic rings. The van der Waals surface area contributed by atoms with Crippen molar-refractivity contribution in [2.45, 2.75) is 0 Å². The van der Waals surface area contributed by atoms with Crippen molar-refractivity contribution in [3.8, 4) is 11.8 Å². The Bertz CT molecular complexity index is 963. The minimum absolute atomic E-state index is 0.105. The third-order valence-corrected chi connectivity index (χ3v) is 4.70. The number of nitriles is 1. The lowest BCUT2D eigenvalue weighted by molar-refractivity contribution is -0.142. The Balaban J connectivity index is 2.22. The number of carbonyl (C=O) groups is 2. The van der Waals surface area contributed by atoms with Crippen LogP contribution >= 0.6 is 43.5 Å². The minimum atomic E-state index is -0.557. The fourth-order valence-corrected chi connectivity index (χ4v) is 3.46. The molecule has 0 radical (unpaired) electrons. The standard InChI is InChI=1S/C19H13Br2ClN2O4/c1-27-17(25)10-28-18-15(21)6-11(7-16(18)22)5-12(9-23)19(26)24-14-4-2-3-13(20)8-14/h2-8H,10H2,1H3,(H,24,26)/b12-5-. The second-order valence-electron chi connectivity index (χ2n) is 5.31. The first-order chi connectivity index (χ1) is 13.3. The maximum absolute atomic E-state index is 12.4. The summed E-state index contributed by atoms with van der Waals surface area (Å²) in [6, 6.07) is 12.0. The van der Waals surface area contributed by atoms with Gasteiger partial charge in [0.25, 0.3) is 5.91 Å². The molecule has 6 nitrogen and oxygen atoms in total. The van der Waals surface area contributed by atoms with Crippen LogP contribution in [0.25, 0.3) is 6.08 Å². The molecule has 0 atom stereocenters. The number of nitrogens with zero attached hydrogens (tertiary/aromatic N) is 1. The number of ether oxygens (including phenoxy) is 2. The highest BCUT2D eigenvalue weighted by Gasteiger charge is 2.14. The van der Waals surface area contributed by atoms with Gasteiger partial charge in [0, 0.05) is 10.2 Å². The van der Waals surface area contributed by atoms with Crippen LogP contribution in [-0.2, 0) is 14.3 Å². The Kier molecular flexibility index (Phi) is 8.05. The van der Waals surface area contributed by atoms with E-state index in [9.17, 15) is 14.9 Å². The highest BCUT2D eigenvalue weighted by molar-refractivity contribution is 9.10. The fourth-order valence-electron chi connectivity index (χ4n) is 2.07. The summed E-state index contributed by atoms with van der Waals surface area (Å²) in [5.41, 5.74) is 0.945. The number of carbonyl (C=O) groups excluding carboxylic acids is 2. The maximum atomic E-state index is 12.4. The van der Waals surface area contributed by atoms with Gasteiger partial charge in [-0.25, -0.2) is 4.79 Å². The number of benzene rings is 2.